The second-order valence-electron chi connectivity index (χ2n) is 6.62. The molecule has 0 unspecified atom stereocenters. The number of sulfone groups is 1. The van der Waals surface area contributed by atoms with Crippen molar-refractivity contribution < 1.29 is 23.1 Å². The van der Waals surface area contributed by atoms with Gasteiger partial charge in [-0.05, 0) is 25.7 Å². The van der Waals surface area contributed by atoms with Crippen molar-refractivity contribution in [3.63, 3.8) is 0 Å². The number of likely N-dealkylation sites (tertiary alicyclic amines) is 1. The van der Waals surface area contributed by atoms with Crippen molar-refractivity contribution in [2.24, 2.45) is 5.41 Å². The largest absolute Gasteiger partial charge is 0.480 e. The first-order valence-corrected chi connectivity index (χ1v) is 9.94. The van der Waals surface area contributed by atoms with Crippen LogP contribution in [0.5, 0.6) is 0 Å². The van der Waals surface area contributed by atoms with Crippen LogP contribution in [0.4, 0.5) is 0 Å². The third-order valence-electron chi connectivity index (χ3n) is 5.11. The van der Waals surface area contributed by atoms with Gasteiger partial charge in [-0.2, -0.15) is 0 Å². The van der Waals surface area contributed by atoms with Crippen molar-refractivity contribution in [3.05, 3.63) is 0 Å². The topological polar surface area (TPSA) is 91.8 Å². The number of piperidine rings is 1. The predicted molar refractivity (Wildman–Crippen MR) is 82.2 cm³/mol. The van der Waals surface area contributed by atoms with E-state index in [-0.39, 0.29) is 5.91 Å². The Morgan fingerprint density at radius 2 is 1.55 bits per heavy atom. The van der Waals surface area contributed by atoms with Gasteiger partial charge in [-0.25, -0.2) is 8.42 Å². The summed E-state index contributed by atoms with van der Waals surface area (Å²) in [5, 5.41) is 9.24. The summed E-state index contributed by atoms with van der Waals surface area (Å²) in [5.74, 6) is -1.33. The normalized spacial score (nSPS) is 23.8. The van der Waals surface area contributed by atoms with Gasteiger partial charge < -0.3 is 10.0 Å². The highest BCUT2D eigenvalue weighted by Crippen LogP contribution is 2.38. The van der Waals surface area contributed by atoms with Gasteiger partial charge in [0.2, 0.25) is 5.91 Å². The summed E-state index contributed by atoms with van der Waals surface area (Å²) in [6.45, 7) is 0.678. The zero-order valence-corrected chi connectivity index (χ0v) is 13.9. The lowest BCUT2D eigenvalue weighted by Crippen LogP contribution is -2.52. The number of rotatable bonds is 3. The van der Waals surface area contributed by atoms with E-state index >= 15 is 0 Å². The fraction of sp³-hybridized carbons (Fsp3) is 0.867. The molecule has 2 aliphatic rings. The Kier molecular flexibility index (Phi) is 5.14. The molecule has 0 aromatic rings. The second kappa shape index (κ2) is 6.56. The van der Waals surface area contributed by atoms with Crippen LogP contribution < -0.4 is 0 Å². The number of aliphatic carboxylic acids is 1. The fourth-order valence-corrected chi connectivity index (χ4v) is 4.71. The Balaban J connectivity index is 2.11. The van der Waals surface area contributed by atoms with Gasteiger partial charge in [-0.3, -0.25) is 9.59 Å². The van der Waals surface area contributed by atoms with E-state index in [4.69, 9.17) is 0 Å². The molecule has 2 rings (SSSR count). The first-order chi connectivity index (χ1) is 10.3. The lowest BCUT2D eigenvalue weighted by atomic mass is 9.78. The molecule has 22 heavy (non-hydrogen) atoms. The minimum Gasteiger partial charge on any atom is -0.480 e. The zero-order chi connectivity index (χ0) is 16.4. The van der Waals surface area contributed by atoms with Crippen molar-refractivity contribution in [2.75, 3.05) is 19.3 Å². The number of amides is 1. The van der Waals surface area contributed by atoms with Gasteiger partial charge in [0, 0.05) is 19.3 Å². The predicted octanol–water partition coefficient (Wildman–Crippen LogP) is 1.45. The molecule has 6 nitrogen and oxygen atoms in total. The fourth-order valence-electron chi connectivity index (χ4n) is 3.64. The maximum atomic E-state index is 12.8. The molecule has 0 bridgehead atoms. The van der Waals surface area contributed by atoms with E-state index in [0.717, 1.165) is 25.7 Å². The van der Waals surface area contributed by atoms with Gasteiger partial charge in [0.1, 0.15) is 15.3 Å². The molecule has 1 heterocycles. The molecule has 126 valence electrons. The summed E-state index contributed by atoms with van der Waals surface area (Å²) < 4.78 is 23.2. The van der Waals surface area contributed by atoms with Crippen LogP contribution in [0.2, 0.25) is 0 Å². The standard InChI is InChI=1S/C15H25NO5S/c1-22(20,21)12-6-10-16(11-7-12)13(17)15(14(18)19)8-4-2-3-5-9-15/h12H,2-11H2,1H3,(H,18,19). The van der Waals surface area contributed by atoms with E-state index in [0.29, 0.717) is 38.8 Å². The highest BCUT2D eigenvalue weighted by Gasteiger charge is 2.48. The number of carboxylic acid groups (broad SMARTS) is 1. The molecule has 0 atom stereocenters. The second-order valence-corrected chi connectivity index (χ2v) is 8.95. The first kappa shape index (κ1) is 17.2. The zero-order valence-electron chi connectivity index (χ0n) is 13.1. The van der Waals surface area contributed by atoms with Gasteiger partial charge in [-0.1, -0.05) is 25.7 Å². The quantitative estimate of drug-likeness (QED) is 0.624. The van der Waals surface area contributed by atoms with Crippen LogP contribution >= 0.6 is 0 Å². The highest BCUT2D eigenvalue weighted by atomic mass is 32.2. The van der Waals surface area contributed by atoms with Crippen LogP contribution in [0.3, 0.4) is 0 Å². The molecule has 0 aromatic carbocycles. The number of carbonyl (C=O) groups is 2. The van der Waals surface area contributed by atoms with Crippen LogP contribution in [-0.2, 0) is 19.4 Å². The SMILES string of the molecule is CS(=O)(=O)C1CCN(C(=O)C2(C(=O)O)CCCCCC2)CC1. The average Bonchev–Trinajstić information content (AvgIpc) is 2.72. The first-order valence-electron chi connectivity index (χ1n) is 7.99. The van der Waals surface area contributed by atoms with Gasteiger partial charge in [0.25, 0.3) is 0 Å². The molecular weight excluding hydrogens is 306 g/mol. The molecule has 2 fully saturated rings. The van der Waals surface area contributed by atoms with Crippen LogP contribution in [0.15, 0.2) is 0 Å². The number of carbonyl (C=O) groups excluding carboxylic acids is 1. The molecule has 1 saturated heterocycles. The third kappa shape index (κ3) is 3.45. The van der Waals surface area contributed by atoms with E-state index in [1.54, 1.807) is 4.90 Å². The number of hydrogen-bond donors (Lipinski definition) is 1. The molecule has 1 aliphatic heterocycles. The summed E-state index contributed by atoms with van der Waals surface area (Å²) in [7, 11) is -3.09. The Hall–Kier alpha value is -1.11. The van der Waals surface area contributed by atoms with Crippen LogP contribution in [0.25, 0.3) is 0 Å². The minimum absolute atomic E-state index is 0.311. The molecule has 1 aliphatic carbocycles. The van der Waals surface area contributed by atoms with Gasteiger partial charge in [-0.15, -0.1) is 0 Å². The van der Waals surface area contributed by atoms with Gasteiger partial charge >= 0.3 is 5.97 Å². The monoisotopic (exact) mass is 331 g/mol. The minimum atomic E-state index is -3.09. The Bertz CT molecular complexity index is 526. The summed E-state index contributed by atoms with van der Waals surface area (Å²) in [5.41, 5.74) is -1.30. The molecule has 0 aromatic heterocycles. The maximum absolute atomic E-state index is 12.8. The van der Waals surface area contributed by atoms with Crippen molar-refractivity contribution in [3.8, 4) is 0 Å². The van der Waals surface area contributed by atoms with E-state index in [2.05, 4.69) is 0 Å². The van der Waals surface area contributed by atoms with E-state index < -0.39 is 26.5 Å². The lowest BCUT2D eigenvalue weighted by Gasteiger charge is -2.37. The summed E-state index contributed by atoms with van der Waals surface area (Å²) in [4.78, 5) is 26.2. The van der Waals surface area contributed by atoms with Crippen molar-refractivity contribution >= 4 is 21.7 Å². The Morgan fingerprint density at radius 3 is 1.95 bits per heavy atom. The molecule has 0 spiro atoms. The molecule has 1 saturated carbocycles. The molecular formula is C15H25NO5S. The van der Waals surface area contributed by atoms with E-state index in [9.17, 15) is 23.1 Å². The van der Waals surface area contributed by atoms with Crippen molar-refractivity contribution in [1.82, 2.24) is 4.90 Å². The van der Waals surface area contributed by atoms with Crippen molar-refractivity contribution in [1.29, 1.82) is 0 Å². The van der Waals surface area contributed by atoms with Gasteiger partial charge in [0.15, 0.2) is 0 Å². The lowest BCUT2D eigenvalue weighted by molar-refractivity contribution is -0.162. The summed E-state index contributed by atoms with van der Waals surface area (Å²) in [6, 6.07) is 0. The van der Waals surface area contributed by atoms with Crippen LogP contribution in [-0.4, -0.2) is 54.9 Å². The van der Waals surface area contributed by atoms with Crippen LogP contribution in [0.1, 0.15) is 51.4 Å². The molecule has 1 N–H and O–H groups in total. The number of carboxylic acids is 1. The highest BCUT2D eigenvalue weighted by molar-refractivity contribution is 7.91. The third-order valence-corrected chi connectivity index (χ3v) is 6.79. The average molecular weight is 331 g/mol. The Morgan fingerprint density at radius 1 is 1.05 bits per heavy atom. The Labute approximate surface area is 131 Å². The summed E-state index contributed by atoms with van der Waals surface area (Å²) in [6.07, 6.45) is 6.28. The number of hydrogen-bond acceptors (Lipinski definition) is 4. The molecule has 7 heteroatoms. The van der Waals surface area contributed by atoms with Crippen molar-refractivity contribution in [2.45, 2.75) is 56.6 Å². The number of nitrogens with zero attached hydrogens (tertiary/aromatic N) is 1. The van der Waals surface area contributed by atoms with Crippen LogP contribution in [0, 0.1) is 5.41 Å². The summed E-state index contributed by atoms with van der Waals surface area (Å²) >= 11 is 0. The molecule has 1 amide bonds. The van der Waals surface area contributed by atoms with Gasteiger partial charge in [0.05, 0.1) is 5.25 Å². The van der Waals surface area contributed by atoms with E-state index in [1.165, 1.54) is 6.26 Å². The van der Waals surface area contributed by atoms with E-state index in [1.807, 2.05) is 0 Å². The maximum Gasteiger partial charge on any atom is 0.319 e. The molecule has 0 radical (unpaired) electrons. The smallest absolute Gasteiger partial charge is 0.319 e.